The zero-order valence-corrected chi connectivity index (χ0v) is 19.8. The van der Waals surface area contributed by atoms with Crippen molar-refractivity contribution < 1.29 is 4.74 Å². The minimum atomic E-state index is -0.0284. The number of nitrogens with zero attached hydrogens (tertiary/aromatic N) is 5. The highest BCUT2D eigenvalue weighted by Gasteiger charge is 2.40. The minimum absolute atomic E-state index is 0.0259. The number of hydrazine groups is 1. The van der Waals surface area contributed by atoms with Crippen LogP contribution < -0.4 is 16.2 Å². The molecule has 2 fully saturated rings. The number of pyridine rings is 1. The Hall–Kier alpha value is -3.07. The van der Waals surface area contributed by atoms with E-state index in [4.69, 9.17) is 10.6 Å². The van der Waals surface area contributed by atoms with Crippen LogP contribution in [0.2, 0.25) is 0 Å². The highest BCUT2D eigenvalue weighted by atomic mass is 16.5. The number of rotatable bonds is 8. The van der Waals surface area contributed by atoms with Gasteiger partial charge in [0.15, 0.2) is 0 Å². The van der Waals surface area contributed by atoms with E-state index in [9.17, 15) is 0 Å². The van der Waals surface area contributed by atoms with E-state index in [0.29, 0.717) is 0 Å². The summed E-state index contributed by atoms with van der Waals surface area (Å²) in [7, 11) is 0. The Morgan fingerprint density at radius 2 is 1.97 bits per heavy atom. The number of nitrogens with one attached hydrogen (secondary N) is 1. The maximum absolute atomic E-state index is 6.20. The lowest BCUT2D eigenvalue weighted by atomic mass is 9.91. The van der Waals surface area contributed by atoms with E-state index in [2.05, 4.69) is 68.0 Å². The summed E-state index contributed by atoms with van der Waals surface area (Å²) in [5.74, 6) is 7.68. The smallest absolute Gasteiger partial charge is 0.132 e. The summed E-state index contributed by atoms with van der Waals surface area (Å²) in [6.45, 7) is 11.3. The van der Waals surface area contributed by atoms with Gasteiger partial charge in [-0.1, -0.05) is 6.58 Å². The molecule has 0 bridgehead atoms. The van der Waals surface area contributed by atoms with Crippen molar-refractivity contribution in [2.24, 2.45) is 5.84 Å². The number of allylic oxidation sites excluding steroid dienone is 1. The molecule has 0 radical (unpaired) electrons. The van der Waals surface area contributed by atoms with Gasteiger partial charge in [-0.25, -0.2) is 9.97 Å². The maximum atomic E-state index is 6.20. The van der Waals surface area contributed by atoms with Gasteiger partial charge < -0.3 is 9.64 Å². The lowest BCUT2D eigenvalue weighted by Crippen LogP contribution is -2.46. The van der Waals surface area contributed by atoms with Gasteiger partial charge >= 0.3 is 0 Å². The Labute approximate surface area is 201 Å². The van der Waals surface area contributed by atoms with Gasteiger partial charge in [0.05, 0.1) is 11.7 Å². The summed E-state index contributed by atoms with van der Waals surface area (Å²) in [6, 6.07) is 6.17. The fraction of sp³-hybridized carbons (Fsp3) is 0.423. The zero-order chi connectivity index (χ0) is 23.5. The average Bonchev–Trinajstić information content (AvgIpc) is 3.61. The molecule has 3 heterocycles. The van der Waals surface area contributed by atoms with Gasteiger partial charge in [-0.15, -0.1) is 0 Å². The second kappa shape index (κ2) is 9.66. The van der Waals surface area contributed by atoms with Crippen LogP contribution in [-0.4, -0.2) is 57.7 Å². The molecule has 0 aromatic carbocycles. The maximum Gasteiger partial charge on any atom is 0.132 e. The Morgan fingerprint density at radius 3 is 2.68 bits per heavy atom. The van der Waals surface area contributed by atoms with Crippen molar-refractivity contribution in [3.05, 3.63) is 78.2 Å². The molecule has 8 nitrogen and oxygen atoms in total. The average molecular weight is 460 g/mol. The standard InChI is InChI=1S/C26H33N7O/c1-19(22-15-21(3-4-23(22)31-27)34-26(2)7-8-26)24-16-25(30-18-29-24)33-13-11-32(12-14-33)17-20-5-9-28-10-6-20/h3,5-6,9-10,15-16,18,23,31H,1,4,7-8,11-14,17,27H2,2H3/t23-/m1/s1. The summed E-state index contributed by atoms with van der Waals surface area (Å²) in [6.07, 6.45) is 12.4. The largest absolute Gasteiger partial charge is 0.488 e. The highest BCUT2D eigenvalue weighted by Crippen LogP contribution is 2.42. The molecular weight excluding hydrogens is 426 g/mol. The molecule has 2 aliphatic carbocycles. The number of ether oxygens (including phenoxy) is 1. The van der Waals surface area contributed by atoms with E-state index in [1.54, 1.807) is 6.33 Å². The predicted molar refractivity (Wildman–Crippen MR) is 133 cm³/mol. The third kappa shape index (κ3) is 5.19. The number of anilines is 1. The molecule has 2 aromatic heterocycles. The Morgan fingerprint density at radius 1 is 1.21 bits per heavy atom. The van der Waals surface area contributed by atoms with Crippen molar-refractivity contribution in [2.45, 2.75) is 44.4 Å². The van der Waals surface area contributed by atoms with Gasteiger partial charge in [0.2, 0.25) is 0 Å². The van der Waals surface area contributed by atoms with E-state index < -0.39 is 0 Å². The van der Waals surface area contributed by atoms with Gasteiger partial charge in [0.25, 0.3) is 0 Å². The molecule has 1 aliphatic heterocycles. The van der Waals surface area contributed by atoms with Gasteiger partial charge in [-0.05, 0) is 67.2 Å². The van der Waals surface area contributed by atoms with Crippen LogP contribution in [0, 0.1) is 0 Å². The summed E-state index contributed by atoms with van der Waals surface area (Å²) < 4.78 is 6.20. The summed E-state index contributed by atoms with van der Waals surface area (Å²) in [4.78, 5) is 18.0. The van der Waals surface area contributed by atoms with Crippen LogP contribution in [0.3, 0.4) is 0 Å². The van der Waals surface area contributed by atoms with Crippen molar-refractivity contribution in [1.82, 2.24) is 25.3 Å². The molecule has 0 amide bonds. The topological polar surface area (TPSA) is 92.4 Å². The van der Waals surface area contributed by atoms with Crippen molar-refractivity contribution >= 4 is 11.4 Å². The lowest BCUT2D eigenvalue weighted by molar-refractivity contribution is 0.118. The van der Waals surface area contributed by atoms with E-state index in [1.807, 2.05) is 18.5 Å². The van der Waals surface area contributed by atoms with Gasteiger partial charge in [0, 0.05) is 51.2 Å². The highest BCUT2D eigenvalue weighted by molar-refractivity contribution is 5.78. The Bertz CT molecular complexity index is 1090. The molecule has 1 saturated heterocycles. The van der Waals surface area contributed by atoms with Gasteiger partial charge in [0.1, 0.15) is 23.5 Å². The van der Waals surface area contributed by atoms with Crippen molar-refractivity contribution in [1.29, 1.82) is 0 Å². The minimum Gasteiger partial charge on any atom is -0.488 e. The first-order valence-electron chi connectivity index (χ1n) is 12.0. The number of nitrogens with two attached hydrogens (primary N) is 1. The number of piperazine rings is 1. The van der Waals surface area contributed by atoms with Crippen LogP contribution in [0.25, 0.3) is 5.57 Å². The molecule has 8 heteroatoms. The molecule has 3 N–H and O–H groups in total. The first kappa shape index (κ1) is 22.7. The fourth-order valence-electron chi connectivity index (χ4n) is 4.48. The molecular formula is C26H33N7O. The van der Waals surface area contributed by atoms with Gasteiger partial charge in [-0.2, -0.15) is 0 Å². The molecule has 0 unspecified atom stereocenters. The predicted octanol–water partition coefficient (Wildman–Crippen LogP) is 2.82. The molecule has 1 atom stereocenters. The number of aromatic nitrogens is 3. The van der Waals surface area contributed by atoms with Crippen molar-refractivity contribution in [3.63, 3.8) is 0 Å². The van der Waals surface area contributed by atoms with Crippen molar-refractivity contribution in [3.8, 4) is 0 Å². The molecule has 5 rings (SSSR count). The summed E-state index contributed by atoms with van der Waals surface area (Å²) >= 11 is 0. The second-order valence-corrected chi connectivity index (χ2v) is 9.57. The molecule has 0 spiro atoms. The van der Waals surface area contributed by atoms with Crippen LogP contribution >= 0.6 is 0 Å². The first-order valence-corrected chi connectivity index (χ1v) is 12.0. The lowest BCUT2D eigenvalue weighted by Gasteiger charge is -2.35. The normalized spacial score (nSPS) is 22.1. The Kier molecular flexibility index (Phi) is 6.45. The number of hydrogen-bond acceptors (Lipinski definition) is 8. The quantitative estimate of drug-likeness (QED) is 0.460. The van der Waals surface area contributed by atoms with Crippen LogP contribution in [0.4, 0.5) is 5.82 Å². The molecule has 1 saturated carbocycles. The summed E-state index contributed by atoms with van der Waals surface area (Å²) in [5, 5.41) is 0. The summed E-state index contributed by atoms with van der Waals surface area (Å²) in [5.41, 5.74) is 6.85. The van der Waals surface area contributed by atoms with Gasteiger partial charge in [-0.3, -0.25) is 21.2 Å². The Balaban J connectivity index is 1.26. The number of hydrogen-bond donors (Lipinski definition) is 2. The van der Waals surface area contributed by atoms with Crippen molar-refractivity contribution in [2.75, 3.05) is 31.1 Å². The fourth-order valence-corrected chi connectivity index (χ4v) is 4.48. The van der Waals surface area contributed by atoms with E-state index >= 15 is 0 Å². The zero-order valence-electron chi connectivity index (χ0n) is 19.8. The monoisotopic (exact) mass is 459 g/mol. The molecule has 2 aromatic rings. The van der Waals surface area contributed by atoms with Crippen LogP contribution in [0.1, 0.15) is 37.4 Å². The molecule has 34 heavy (non-hydrogen) atoms. The molecule has 178 valence electrons. The SMILES string of the molecule is C=C(C1=CC(OC2(C)CC2)=CC[C@H]1NN)c1cc(N2CCN(Cc3ccncc3)CC2)ncn1. The third-order valence-electron chi connectivity index (χ3n) is 6.91. The van der Waals surface area contributed by atoms with Crippen LogP contribution in [0.15, 0.2) is 67.0 Å². The second-order valence-electron chi connectivity index (χ2n) is 9.57. The first-order chi connectivity index (χ1) is 16.5. The van der Waals surface area contributed by atoms with Crippen LogP contribution in [0.5, 0.6) is 0 Å². The van der Waals surface area contributed by atoms with E-state index in [1.165, 1.54) is 5.56 Å². The van der Waals surface area contributed by atoms with E-state index in [0.717, 1.165) is 80.4 Å². The molecule has 3 aliphatic rings. The van der Waals surface area contributed by atoms with E-state index in [-0.39, 0.29) is 11.6 Å². The third-order valence-corrected chi connectivity index (χ3v) is 6.91. The van der Waals surface area contributed by atoms with Crippen LogP contribution in [-0.2, 0) is 11.3 Å².